The summed E-state index contributed by atoms with van der Waals surface area (Å²) in [5.41, 5.74) is 0.558. The molecule has 3 rings (SSSR count). The maximum Gasteiger partial charge on any atom is 0.252 e. The molecule has 0 radical (unpaired) electrons. The highest BCUT2D eigenvalue weighted by Gasteiger charge is 2.20. The summed E-state index contributed by atoms with van der Waals surface area (Å²) < 4.78 is 7.32. The van der Waals surface area contributed by atoms with E-state index in [2.05, 4.69) is 15.3 Å². The van der Waals surface area contributed by atoms with E-state index in [0.717, 1.165) is 24.8 Å². The Bertz CT molecular complexity index is 591. The molecule has 0 aromatic carbocycles. The van der Waals surface area contributed by atoms with Crippen molar-refractivity contribution in [2.24, 2.45) is 5.92 Å². The Morgan fingerprint density at radius 2 is 2.32 bits per heavy atom. The lowest BCUT2D eigenvalue weighted by Crippen LogP contribution is -2.25. The molecule has 2 aromatic rings. The molecule has 22 heavy (non-hydrogen) atoms. The normalized spacial score (nSPS) is 14.0. The zero-order valence-electron chi connectivity index (χ0n) is 12.4. The topological polar surface area (TPSA) is 69.0 Å². The van der Waals surface area contributed by atoms with E-state index in [4.69, 9.17) is 4.74 Å². The Morgan fingerprint density at radius 3 is 3.00 bits per heavy atom. The van der Waals surface area contributed by atoms with Crippen LogP contribution >= 0.6 is 0 Å². The van der Waals surface area contributed by atoms with Crippen LogP contribution in [0.15, 0.2) is 37.1 Å². The summed E-state index contributed by atoms with van der Waals surface area (Å²) in [4.78, 5) is 20.2. The standard InChI is InChI=1S/C16H20N4O2/c21-16(18-6-1-9-22-11-13-2-3-13)14-4-5-15(19-10-14)20-8-7-17-12-20/h4-5,7-8,10,12-13H,1-3,6,9,11H2,(H,18,21). The number of amides is 1. The second-order valence-electron chi connectivity index (χ2n) is 5.50. The number of rotatable bonds is 8. The molecule has 1 aliphatic rings. The van der Waals surface area contributed by atoms with Gasteiger partial charge in [-0.15, -0.1) is 0 Å². The van der Waals surface area contributed by atoms with E-state index in [9.17, 15) is 4.79 Å². The second kappa shape index (κ2) is 7.17. The third-order valence-electron chi connectivity index (χ3n) is 3.58. The van der Waals surface area contributed by atoms with E-state index < -0.39 is 0 Å². The van der Waals surface area contributed by atoms with Gasteiger partial charge in [0.1, 0.15) is 12.1 Å². The lowest BCUT2D eigenvalue weighted by Gasteiger charge is -2.06. The maximum atomic E-state index is 12.0. The highest BCUT2D eigenvalue weighted by atomic mass is 16.5. The summed E-state index contributed by atoms with van der Waals surface area (Å²) >= 11 is 0. The fourth-order valence-electron chi connectivity index (χ4n) is 2.08. The van der Waals surface area contributed by atoms with Crippen molar-refractivity contribution < 1.29 is 9.53 Å². The Labute approximate surface area is 129 Å². The van der Waals surface area contributed by atoms with Gasteiger partial charge in [0, 0.05) is 38.3 Å². The van der Waals surface area contributed by atoms with Crippen molar-refractivity contribution in [2.75, 3.05) is 19.8 Å². The van der Waals surface area contributed by atoms with Crippen molar-refractivity contribution in [1.29, 1.82) is 0 Å². The molecule has 1 saturated carbocycles. The molecule has 6 nitrogen and oxygen atoms in total. The smallest absolute Gasteiger partial charge is 0.252 e. The van der Waals surface area contributed by atoms with Gasteiger partial charge >= 0.3 is 0 Å². The largest absolute Gasteiger partial charge is 0.381 e. The van der Waals surface area contributed by atoms with Crippen LogP contribution in [0.1, 0.15) is 29.6 Å². The van der Waals surface area contributed by atoms with Crippen molar-refractivity contribution >= 4 is 5.91 Å². The fourth-order valence-corrected chi connectivity index (χ4v) is 2.08. The first-order valence-electron chi connectivity index (χ1n) is 7.63. The molecular weight excluding hydrogens is 280 g/mol. The number of ether oxygens (including phenoxy) is 1. The van der Waals surface area contributed by atoms with Crippen LogP contribution in [0.3, 0.4) is 0 Å². The average molecular weight is 300 g/mol. The third-order valence-corrected chi connectivity index (χ3v) is 3.58. The quantitative estimate of drug-likeness (QED) is 0.755. The van der Waals surface area contributed by atoms with Gasteiger partial charge in [0.25, 0.3) is 5.91 Å². The van der Waals surface area contributed by atoms with Gasteiger partial charge in [0.05, 0.1) is 5.56 Å². The van der Waals surface area contributed by atoms with Gasteiger partial charge in [-0.05, 0) is 37.3 Å². The minimum Gasteiger partial charge on any atom is -0.381 e. The Balaban J connectivity index is 1.39. The predicted octanol–water partition coefficient (Wildman–Crippen LogP) is 1.81. The summed E-state index contributed by atoms with van der Waals surface area (Å²) in [6.45, 7) is 2.19. The zero-order valence-corrected chi connectivity index (χ0v) is 12.4. The molecule has 6 heteroatoms. The minimum atomic E-state index is -0.105. The minimum absolute atomic E-state index is 0.105. The highest BCUT2D eigenvalue weighted by Crippen LogP contribution is 2.28. The van der Waals surface area contributed by atoms with Crippen LogP contribution in [0.25, 0.3) is 5.82 Å². The van der Waals surface area contributed by atoms with Gasteiger partial charge in [0.15, 0.2) is 0 Å². The number of hydrogen-bond acceptors (Lipinski definition) is 4. The van der Waals surface area contributed by atoms with E-state index in [1.807, 2.05) is 6.20 Å². The Hall–Kier alpha value is -2.21. The molecule has 0 atom stereocenters. The number of carbonyl (C=O) groups excluding carboxylic acids is 1. The van der Waals surface area contributed by atoms with Crippen LogP contribution in [0.2, 0.25) is 0 Å². The SMILES string of the molecule is O=C(NCCCOCC1CC1)c1ccc(-n2ccnc2)nc1. The summed E-state index contributed by atoms with van der Waals surface area (Å²) in [5, 5.41) is 2.88. The fraction of sp³-hybridized carbons (Fsp3) is 0.438. The number of pyridine rings is 1. The molecule has 1 amide bonds. The zero-order chi connectivity index (χ0) is 15.2. The molecule has 1 aliphatic carbocycles. The van der Waals surface area contributed by atoms with Gasteiger partial charge in [-0.3, -0.25) is 9.36 Å². The van der Waals surface area contributed by atoms with Crippen LogP contribution in [-0.4, -0.2) is 40.2 Å². The van der Waals surface area contributed by atoms with Crippen molar-refractivity contribution in [3.05, 3.63) is 42.6 Å². The van der Waals surface area contributed by atoms with Gasteiger partial charge in [-0.25, -0.2) is 9.97 Å². The van der Waals surface area contributed by atoms with Gasteiger partial charge in [-0.1, -0.05) is 0 Å². The van der Waals surface area contributed by atoms with Crippen LogP contribution in [0.4, 0.5) is 0 Å². The van der Waals surface area contributed by atoms with Crippen molar-refractivity contribution in [1.82, 2.24) is 19.9 Å². The Kier molecular flexibility index (Phi) is 4.80. The highest BCUT2D eigenvalue weighted by molar-refractivity contribution is 5.93. The average Bonchev–Trinajstić information content (AvgIpc) is 3.21. The lowest BCUT2D eigenvalue weighted by molar-refractivity contribution is 0.0937. The summed E-state index contributed by atoms with van der Waals surface area (Å²) in [6.07, 6.45) is 10.2. The number of hydrogen-bond donors (Lipinski definition) is 1. The Morgan fingerprint density at radius 1 is 1.41 bits per heavy atom. The molecule has 0 saturated heterocycles. The molecule has 1 fully saturated rings. The number of nitrogens with zero attached hydrogens (tertiary/aromatic N) is 3. The van der Waals surface area contributed by atoms with E-state index in [0.29, 0.717) is 18.7 Å². The van der Waals surface area contributed by atoms with Gasteiger partial charge in [0.2, 0.25) is 0 Å². The van der Waals surface area contributed by atoms with Crippen LogP contribution in [0, 0.1) is 5.92 Å². The molecule has 2 heterocycles. The summed E-state index contributed by atoms with van der Waals surface area (Å²) in [6, 6.07) is 3.57. The third kappa shape index (κ3) is 4.14. The predicted molar refractivity (Wildman–Crippen MR) is 81.9 cm³/mol. The molecule has 0 aliphatic heterocycles. The van der Waals surface area contributed by atoms with E-state index >= 15 is 0 Å². The first-order chi connectivity index (χ1) is 10.8. The van der Waals surface area contributed by atoms with E-state index in [-0.39, 0.29) is 5.91 Å². The van der Waals surface area contributed by atoms with Crippen LogP contribution < -0.4 is 5.32 Å². The van der Waals surface area contributed by atoms with Crippen LogP contribution in [0.5, 0.6) is 0 Å². The number of carbonyl (C=O) groups is 1. The monoisotopic (exact) mass is 300 g/mol. The van der Waals surface area contributed by atoms with Crippen molar-refractivity contribution in [2.45, 2.75) is 19.3 Å². The maximum absolute atomic E-state index is 12.0. The molecule has 1 N–H and O–H groups in total. The molecule has 0 bridgehead atoms. The number of aromatic nitrogens is 3. The van der Waals surface area contributed by atoms with E-state index in [1.54, 1.807) is 35.4 Å². The molecule has 2 aromatic heterocycles. The first-order valence-corrected chi connectivity index (χ1v) is 7.63. The van der Waals surface area contributed by atoms with Crippen molar-refractivity contribution in [3.8, 4) is 5.82 Å². The molecule has 116 valence electrons. The van der Waals surface area contributed by atoms with Gasteiger partial charge < -0.3 is 10.1 Å². The molecule has 0 unspecified atom stereocenters. The summed E-state index contributed by atoms with van der Waals surface area (Å²) in [5.74, 6) is 1.42. The summed E-state index contributed by atoms with van der Waals surface area (Å²) in [7, 11) is 0. The van der Waals surface area contributed by atoms with Gasteiger partial charge in [-0.2, -0.15) is 0 Å². The van der Waals surface area contributed by atoms with Crippen LogP contribution in [-0.2, 0) is 4.74 Å². The van der Waals surface area contributed by atoms with E-state index in [1.165, 1.54) is 12.8 Å². The number of nitrogens with one attached hydrogen (secondary N) is 1. The first kappa shape index (κ1) is 14.7. The second-order valence-corrected chi connectivity index (χ2v) is 5.50. The number of imidazole rings is 1. The van der Waals surface area contributed by atoms with Crippen molar-refractivity contribution in [3.63, 3.8) is 0 Å². The lowest BCUT2D eigenvalue weighted by atomic mass is 10.2. The molecule has 0 spiro atoms. The molecular formula is C16H20N4O2.